The lowest BCUT2D eigenvalue weighted by Crippen LogP contribution is -2.17. The first-order chi connectivity index (χ1) is 12.4. The number of anilines is 1. The number of alkyl halides is 3. The number of thiazole rings is 1. The minimum Gasteiger partial charge on any atom is -0.406 e. The highest BCUT2D eigenvalue weighted by Crippen LogP contribution is 2.25. The van der Waals surface area contributed by atoms with Crippen LogP contribution in [0.3, 0.4) is 0 Å². The van der Waals surface area contributed by atoms with E-state index in [0.29, 0.717) is 16.3 Å². The van der Waals surface area contributed by atoms with Gasteiger partial charge in [0.05, 0.1) is 11.9 Å². The maximum absolute atomic E-state index is 12.3. The first kappa shape index (κ1) is 17.9. The fourth-order valence-corrected chi connectivity index (χ4v) is 2.94. The third kappa shape index (κ3) is 5.06. The number of hydrogen-bond acceptors (Lipinski definition) is 5. The molecule has 0 amide bonds. The van der Waals surface area contributed by atoms with Crippen LogP contribution in [0, 0.1) is 6.92 Å². The lowest BCUT2D eigenvalue weighted by atomic mass is 10.1. The molecule has 3 aromatic rings. The van der Waals surface area contributed by atoms with Crippen molar-refractivity contribution in [1.29, 1.82) is 0 Å². The van der Waals surface area contributed by atoms with Crippen LogP contribution in [0.1, 0.15) is 11.1 Å². The highest BCUT2D eigenvalue weighted by Gasteiger charge is 2.31. The Kier molecular flexibility index (Phi) is 5.22. The first-order valence-electron chi connectivity index (χ1n) is 7.56. The average molecular weight is 377 g/mol. The molecular formula is C18H14F3N3OS. The number of hydrogen-bond donors (Lipinski definition) is 1. The number of ether oxygens (including phenoxy) is 1. The number of hydrazone groups is 1. The zero-order valence-electron chi connectivity index (χ0n) is 13.6. The molecule has 0 bridgehead atoms. The number of nitrogens with zero attached hydrogens (tertiary/aromatic N) is 2. The van der Waals surface area contributed by atoms with Crippen LogP contribution < -0.4 is 10.2 Å². The van der Waals surface area contributed by atoms with Crippen LogP contribution in [-0.4, -0.2) is 17.6 Å². The molecule has 0 unspecified atom stereocenters. The van der Waals surface area contributed by atoms with E-state index in [2.05, 4.69) is 20.2 Å². The fourth-order valence-electron chi connectivity index (χ4n) is 2.27. The Hall–Kier alpha value is -2.87. The van der Waals surface area contributed by atoms with E-state index in [-0.39, 0.29) is 5.75 Å². The van der Waals surface area contributed by atoms with Crippen molar-refractivity contribution in [1.82, 2.24) is 4.98 Å². The summed E-state index contributed by atoms with van der Waals surface area (Å²) in [7, 11) is 0. The van der Waals surface area contributed by atoms with Crippen molar-refractivity contribution < 1.29 is 17.9 Å². The minimum atomic E-state index is -4.73. The summed E-state index contributed by atoms with van der Waals surface area (Å²) >= 11 is 1.38. The van der Waals surface area contributed by atoms with Crippen LogP contribution >= 0.6 is 11.3 Å². The lowest BCUT2D eigenvalue weighted by Gasteiger charge is -2.10. The lowest BCUT2D eigenvalue weighted by molar-refractivity contribution is -0.274. The molecule has 0 fully saturated rings. The maximum Gasteiger partial charge on any atom is 0.573 e. The van der Waals surface area contributed by atoms with Gasteiger partial charge in [0, 0.05) is 10.9 Å². The summed E-state index contributed by atoms with van der Waals surface area (Å²) in [6.45, 7) is 1.68. The Morgan fingerprint density at radius 3 is 2.65 bits per heavy atom. The highest BCUT2D eigenvalue weighted by molar-refractivity contribution is 7.14. The summed E-state index contributed by atoms with van der Waals surface area (Å²) in [5, 5.41) is 6.51. The van der Waals surface area contributed by atoms with Crippen LogP contribution in [-0.2, 0) is 0 Å². The highest BCUT2D eigenvalue weighted by atomic mass is 32.1. The average Bonchev–Trinajstić information content (AvgIpc) is 3.02. The molecule has 0 aliphatic carbocycles. The zero-order chi connectivity index (χ0) is 18.6. The Labute approximate surface area is 152 Å². The predicted molar refractivity (Wildman–Crippen MR) is 96.6 cm³/mol. The second-order valence-electron chi connectivity index (χ2n) is 5.40. The molecule has 4 nitrogen and oxygen atoms in total. The van der Waals surface area contributed by atoms with Crippen molar-refractivity contribution >= 4 is 22.7 Å². The number of halogens is 3. The van der Waals surface area contributed by atoms with Gasteiger partial charge in [0.2, 0.25) is 5.13 Å². The number of rotatable bonds is 5. The van der Waals surface area contributed by atoms with Gasteiger partial charge in [-0.2, -0.15) is 5.10 Å². The van der Waals surface area contributed by atoms with E-state index in [1.165, 1.54) is 29.7 Å². The van der Waals surface area contributed by atoms with Crippen LogP contribution in [0.15, 0.2) is 59.0 Å². The van der Waals surface area contributed by atoms with E-state index in [0.717, 1.165) is 11.3 Å². The molecule has 2 aromatic carbocycles. The minimum absolute atomic E-state index is 0.278. The van der Waals surface area contributed by atoms with E-state index in [1.54, 1.807) is 13.0 Å². The van der Waals surface area contributed by atoms with E-state index >= 15 is 0 Å². The van der Waals surface area contributed by atoms with E-state index in [1.807, 2.05) is 35.7 Å². The third-order valence-corrected chi connectivity index (χ3v) is 4.00. The number of aryl methyl sites for hydroxylation is 1. The molecule has 0 saturated heterocycles. The molecule has 0 aliphatic rings. The van der Waals surface area contributed by atoms with Crippen LogP contribution in [0.2, 0.25) is 0 Å². The van der Waals surface area contributed by atoms with Gasteiger partial charge >= 0.3 is 6.36 Å². The van der Waals surface area contributed by atoms with E-state index < -0.39 is 6.36 Å². The normalized spacial score (nSPS) is 11.7. The molecule has 1 heterocycles. The summed E-state index contributed by atoms with van der Waals surface area (Å²) in [6, 6.07) is 14.0. The summed E-state index contributed by atoms with van der Waals surface area (Å²) in [6.07, 6.45) is -3.31. The van der Waals surface area contributed by atoms with Gasteiger partial charge in [0.25, 0.3) is 0 Å². The Morgan fingerprint density at radius 2 is 1.92 bits per heavy atom. The van der Waals surface area contributed by atoms with Crippen LogP contribution in [0.4, 0.5) is 18.3 Å². The Balaban J connectivity index is 1.68. The zero-order valence-corrected chi connectivity index (χ0v) is 14.4. The van der Waals surface area contributed by atoms with Crippen LogP contribution in [0.25, 0.3) is 11.3 Å². The van der Waals surface area contributed by atoms with Gasteiger partial charge in [-0.1, -0.05) is 36.4 Å². The summed E-state index contributed by atoms with van der Waals surface area (Å²) in [4.78, 5) is 4.42. The van der Waals surface area contributed by atoms with Gasteiger partial charge in [-0.05, 0) is 30.2 Å². The molecule has 8 heteroatoms. The number of benzene rings is 2. The van der Waals surface area contributed by atoms with Crippen molar-refractivity contribution in [2.45, 2.75) is 13.3 Å². The van der Waals surface area contributed by atoms with Crippen LogP contribution in [0.5, 0.6) is 5.75 Å². The quantitative estimate of drug-likeness (QED) is 0.474. The number of aromatic nitrogens is 1. The summed E-state index contributed by atoms with van der Waals surface area (Å²) in [5.41, 5.74) is 5.72. The molecule has 26 heavy (non-hydrogen) atoms. The molecule has 1 aromatic heterocycles. The molecule has 0 atom stereocenters. The van der Waals surface area contributed by atoms with Gasteiger partial charge in [0.15, 0.2) is 0 Å². The van der Waals surface area contributed by atoms with Gasteiger partial charge in [0.1, 0.15) is 5.75 Å². The second-order valence-corrected chi connectivity index (χ2v) is 6.26. The number of nitrogens with one attached hydrogen (secondary N) is 1. The van der Waals surface area contributed by atoms with E-state index in [9.17, 15) is 13.2 Å². The molecule has 0 radical (unpaired) electrons. The van der Waals surface area contributed by atoms with Gasteiger partial charge in [-0.25, -0.2) is 4.98 Å². The standard InChI is InChI=1S/C18H14F3N3OS/c1-12-7-13(9-15(8-12)25-18(19,20)21)10-22-24-17-23-16(11-26-17)14-5-3-2-4-6-14/h2-11H,1H3,(H,23,24). The molecular weight excluding hydrogens is 363 g/mol. The summed E-state index contributed by atoms with van der Waals surface area (Å²) < 4.78 is 41.0. The second kappa shape index (κ2) is 7.57. The molecule has 134 valence electrons. The van der Waals surface area contributed by atoms with Crippen molar-refractivity contribution in [3.05, 3.63) is 65.0 Å². The maximum atomic E-state index is 12.3. The van der Waals surface area contributed by atoms with E-state index in [4.69, 9.17) is 0 Å². The molecule has 0 aliphatic heterocycles. The Bertz CT molecular complexity index is 908. The van der Waals surface area contributed by atoms with Crippen molar-refractivity contribution in [3.8, 4) is 17.0 Å². The topological polar surface area (TPSA) is 46.5 Å². The molecule has 1 N–H and O–H groups in total. The van der Waals surface area contributed by atoms with Gasteiger partial charge in [-0.3, -0.25) is 5.43 Å². The summed E-state index contributed by atoms with van der Waals surface area (Å²) in [5.74, 6) is -0.278. The van der Waals surface area contributed by atoms with Crippen molar-refractivity contribution in [3.63, 3.8) is 0 Å². The predicted octanol–water partition coefficient (Wildman–Crippen LogP) is 5.46. The molecule has 3 rings (SSSR count). The van der Waals surface area contributed by atoms with Crippen molar-refractivity contribution in [2.75, 3.05) is 5.43 Å². The molecule has 0 spiro atoms. The first-order valence-corrected chi connectivity index (χ1v) is 8.44. The monoisotopic (exact) mass is 377 g/mol. The van der Waals surface area contributed by atoms with Crippen molar-refractivity contribution in [2.24, 2.45) is 5.10 Å². The smallest absolute Gasteiger partial charge is 0.406 e. The molecule has 0 saturated carbocycles. The SMILES string of the molecule is Cc1cc(C=NNc2nc(-c3ccccc3)cs2)cc(OC(F)(F)F)c1. The largest absolute Gasteiger partial charge is 0.573 e. The third-order valence-electron chi connectivity index (χ3n) is 3.25. The Morgan fingerprint density at radius 1 is 1.15 bits per heavy atom. The van der Waals surface area contributed by atoms with Gasteiger partial charge < -0.3 is 4.74 Å². The fraction of sp³-hybridized carbons (Fsp3) is 0.111. The van der Waals surface area contributed by atoms with Gasteiger partial charge in [-0.15, -0.1) is 24.5 Å².